The summed E-state index contributed by atoms with van der Waals surface area (Å²) in [6, 6.07) is 0. The minimum atomic E-state index is -3.50. The molecule has 0 aromatic rings. The monoisotopic (exact) mass is 288 g/mol. The fourth-order valence-electron chi connectivity index (χ4n) is 1.05. The Labute approximate surface area is 103 Å². The predicted molar refractivity (Wildman–Crippen MR) is 60.8 cm³/mol. The molecule has 7 heteroatoms. The number of nitrogens with two attached hydrogens (primary N) is 2. The normalized spacial score (nSPS) is 10.9. The van der Waals surface area contributed by atoms with Crippen molar-refractivity contribution in [2.75, 3.05) is 13.1 Å². The summed E-state index contributed by atoms with van der Waals surface area (Å²) in [5.74, 6) is 0. The number of carbonyl (C=O) groups is 4. The quantitative estimate of drug-likeness (QED) is 0.641. The largest absolute Gasteiger partial charge is 0.329 e. The van der Waals surface area contributed by atoms with Crippen LogP contribution < -0.4 is 11.5 Å². The van der Waals surface area contributed by atoms with E-state index in [1.165, 1.54) is 0 Å². The van der Waals surface area contributed by atoms with Gasteiger partial charge in [0, 0.05) is 13.1 Å². The molecule has 17 heavy (non-hydrogen) atoms. The molecule has 0 bridgehead atoms. The first kappa shape index (κ1) is 18.5. The maximum Gasteiger partial charge on any atom is 0.00461 e. The molecule has 4 N–H and O–H groups in total. The maximum atomic E-state index is 11.2. The number of hydrogen-bond acceptors (Lipinski definition) is 6. The van der Waals surface area contributed by atoms with Crippen LogP contribution in [0.4, 0.5) is 0 Å². The van der Waals surface area contributed by atoms with Gasteiger partial charge in [0.2, 0.25) is 0 Å². The van der Waals surface area contributed by atoms with Gasteiger partial charge in [0.1, 0.15) is 0 Å². The average molecular weight is 288 g/mol. The van der Waals surface area contributed by atoms with Crippen molar-refractivity contribution in [2.24, 2.45) is 11.5 Å². The van der Waals surface area contributed by atoms with E-state index in [1.54, 1.807) is 0 Å². The minimum Gasteiger partial charge on any atom is -0.329 e. The standard InChI is InChI=1S/C2H8N2.4C2H3O.Fe/c3-1-2-4;4*1-2-3;/h1-4H2;4*1H3;. The van der Waals surface area contributed by atoms with Gasteiger partial charge in [-0.25, -0.2) is 0 Å². The fraction of sp³-hybridized carbons (Fsp3) is 0.600. The molecule has 0 aliphatic heterocycles. The van der Waals surface area contributed by atoms with Gasteiger partial charge in [-0.05, 0) is 0 Å². The first-order valence-electron chi connectivity index (χ1n) is 4.84. The second-order valence-corrected chi connectivity index (χ2v) is 7.69. The molecule has 0 aromatic carbocycles. The Morgan fingerprint density at radius 3 is 0.882 bits per heavy atom. The van der Waals surface area contributed by atoms with Crippen LogP contribution in [0.1, 0.15) is 27.7 Å². The van der Waals surface area contributed by atoms with Gasteiger partial charge in [-0.15, -0.1) is 0 Å². The molecule has 0 saturated carbocycles. The van der Waals surface area contributed by atoms with Gasteiger partial charge in [-0.1, -0.05) is 0 Å². The molecule has 0 fully saturated rings. The van der Waals surface area contributed by atoms with Crippen LogP contribution in [0.3, 0.4) is 0 Å². The average Bonchev–Trinajstić information content (AvgIpc) is 2.16. The summed E-state index contributed by atoms with van der Waals surface area (Å²) < 4.78 is -2.33. The van der Waals surface area contributed by atoms with Crippen molar-refractivity contribution in [1.29, 1.82) is 0 Å². The van der Waals surface area contributed by atoms with Crippen LogP contribution in [0.15, 0.2) is 0 Å². The Kier molecular flexibility index (Phi) is 8.97. The third-order valence-corrected chi connectivity index (χ3v) is 6.33. The Hall–Kier alpha value is -0.881. The van der Waals surface area contributed by atoms with Crippen molar-refractivity contribution >= 4 is 18.7 Å². The van der Waals surface area contributed by atoms with E-state index < -0.39 is 31.6 Å². The summed E-state index contributed by atoms with van der Waals surface area (Å²) >= 11 is -3.50. The fourth-order valence-corrected chi connectivity index (χ4v) is 4.34. The van der Waals surface area contributed by atoms with E-state index in [1.807, 2.05) is 0 Å². The van der Waals surface area contributed by atoms with Gasteiger partial charge in [0.15, 0.2) is 0 Å². The molecule has 0 atom stereocenters. The SMILES string of the molecule is C[C](=O)[Fe]([C](C)=O)([C](C)=O)[C](C)=O.NCCN. The van der Waals surface area contributed by atoms with E-state index in [9.17, 15) is 19.2 Å². The Morgan fingerprint density at radius 1 is 0.706 bits per heavy atom. The summed E-state index contributed by atoms with van der Waals surface area (Å²) in [6.45, 7) is 5.71. The van der Waals surface area contributed by atoms with E-state index in [2.05, 4.69) is 0 Å². The third kappa shape index (κ3) is 4.47. The molecule has 0 aliphatic carbocycles. The van der Waals surface area contributed by atoms with Gasteiger partial charge in [-0.2, -0.15) is 0 Å². The van der Waals surface area contributed by atoms with Gasteiger partial charge >= 0.3 is 78.4 Å². The van der Waals surface area contributed by atoms with Crippen LogP contribution >= 0.6 is 0 Å². The first-order valence-corrected chi connectivity index (χ1v) is 7.05. The zero-order chi connectivity index (χ0) is 14.2. The van der Waals surface area contributed by atoms with Crippen molar-refractivity contribution in [3.63, 3.8) is 0 Å². The molecule has 0 aromatic heterocycles. The smallest absolute Gasteiger partial charge is 0.00461 e. The summed E-state index contributed by atoms with van der Waals surface area (Å²) in [7, 11) is 0. The van der Waals surface area contributed by atoms with Crippen molar-refractivity contribution in [3.05, 3.63) is 0 Å². The van der Waals surface area contributed by atoms with Crippen LogP contribution in [0, 0.1) is 0 Å². The topological polar surface area (TPSA) is 120 Å². The first-order chi connectivity index (χ1) is 7.69. The van der Waals surface area contributed by atoms with E-state index in [4.69, 9.17) is 11.5 Å². The summed E-state index contributed by atoms with van der Waals surface area (Å²) in [6.07, 6.45) is 0. The van der Waals surface area contributed by atoms with Gasteiger partial charge in [-0.3, -0.25) is 0 Å². The summed E-state index contributed by atoms with van der Waals surface area (Å²) in [5, 5.41) is 0. The molecule has 0 heterocycles. The van der Waals surface area contributed by atoms with Crippen molar-refractivity contribution in [3.8, 4) is 0 Å². The summed E-state index contributed by atoms with van der Waals surface area (Å²) in [5.41, 5.74) is 9.81. The molecule has 102 valence electrons. The number of hydrogen-bond donors (Lipinski definition) is 2. The molecule has 0 unspecified atom stereocenters. The Morgan fingerprint density at radius 2 is 0.882 bits per heavy atom. The van der Waals surface area contributed by atoms with Crippen LogP contribution in [-0.2, 0) is 32.0 Å². The zero-order valence-corrected chi connectivity index (χ0v) is 11.7. The van der Waals surface area contributed by atoms with E-state index in [0.29, 0.717) is 13.1 Å². The van der Waals surface area contributed by atoms with Crippen LogP contribution in [0.2, 0.25) is 0 Å². The van der Waals surface area contributed by atoms with Crippen molar-refractivity contribution in [1.82, 2.24) is 0 Å². The third-order valence-electron chi connectivity index (χ3n) is 1.66. The molecule has 0 radical (unpaired) electrons. The van der Waals surface area contributed by atoms with E-state index in [-0.39, 0.29) is 0 Å². The van der Waals surface area contributed by atoms with E-state index >= 15 is 0 Å². The molecule has 0 rings (SSSR count). The predicted octanol–water partition coefficient (Wildman–Crippen LogP) is -0.770. The number of carbonyl (C=O) groups excluding carboxylic acids is 4. The molecule has 0 saturated heterocycles. The second-order valence-electron chi connectivity index (χ2n) is 2.92. The number of rotatable bonds is 5. The molecule has 0 amide bonds. The molecular formula is C10H20FeN2O4. The molecule has 6 nitrogen and oxygen atoms in total. The minimum absolute atomic E-state index is 0.583. The van der Waals surface area contributed by atoms with E-state index in [0.717, 1.165) is 27.7 Å². The van der Waals surface area contributed by atoms with Gasteiger partial charge in [0.05, 0.1) is 0 Å². The van der Waals surface area contributed by atoms with Crippen LogP contribution in [0.5, 0.6) is 0 Å². The zero-order valence-electron chi connectivity index (χ0n) is 10.6. The second kappa shape index (κ2) is 8.25. The Balaban J connectivity index is 0. The van der Waals surface area contributed by atoms with Crippen LogP contribution in [0.25, 0.3) is 0 Å². The van der Waals surface area contributed by atoms with Crippen molar-refractivity contribution < 1.29 is 32.0 Å². The molecule has 0 aliphatic rings. The molecule has 0 spiro atoms. The Bertz CT molecular complexity index is 265. The molecular weight excluding hydrogens is 268 g/mol. The van der Waals surface area contributed by atoms with Gasteiger partial charge < -0.3 is 11.5 Å². The van der Waals surface area contributed by atoms with Crippen molar-refractivity contribution in [2.45, 2.75) is 27.7 Å². The maximum absolute atomic E-state index is 11.2. The van der Waals surface area contributed by atoms with Crippen LogP contribution in [-0.4, -0.2) is 31.8 Å². The van der Waals surface area contributed by atoms with Gasteiger partial charge in [0.25, 0.3) is 0 Å². The summed E-state index contributed by atoms with van der Waals surface area (Å²) in [4.78, 5) is 44.7.